The molecule has 0 aliphatic heterocycles. The van der Waals surface area contributed by atoms with Crippen LogP contribution in [0.1, 0.15) is 122 Å². The molecule has 220 valence electrons. The van der Waals surface area contributed by atoms with Crippen LogP contribution in [0.4, 0.5) is 0 Å². The smallest absolute Gasteiger partial charge is 0.272 e. The molecule has 0 aliphatic rings. The number of rotatable bonds is 25. The van der Waals surface area contributed by atoms with Gasteiger partial charge in [-0.3, -0.25) is 4.18 Å². The van der Waals surface area contributed by atoms with Crippen molar-refractivity contribution in [3.05, 3.63) is 35.9 Å². The SMILES string of the molecule is CCCCCCCCCCCCCCCCC(C[N+](C)(C)CCCC(=O)[O-])OS(=O)(=O)Cc1ccccc1. The van der Waals surface area contributed by atoms with Gasteiger partial charge in [0, 0.05) is 12.4 Å². The molecule has 6 nitrogen and oxygen atoms in total. The van der Waals surface area contributed by atoms with E-state index in [0.717, 1.165) is 12.8 Å². The lowest BCUT2D eigenvalue weighted by Crippen LogP contribution is -2.47. The highest BCUT2D eigenvalue weighted by atomic mass is 32.2. The first-order chi connectivity index (χ1) is 18.1. The summed E-state index contributed by atoms with van der Waals surface area (Å²) in [6, 6.07) is 9.11. The minimum Gasteiger partial charge on any atom is -0.550 e. The average molecular weight is 554 g/mol. The van der Waals surface area contributed by atoms with E-state index in [4.69, 9.17) is 4.18 Å². The van der Waals surface area contributed by atoms with Crippen LogP contribution in [0.5, 0.6) is 0 Å². The summed E-state index contributed by atoms with van der Waals surface area (Å²) in [4.78, 5) is 10.8. The van der Waals surface area contributed by atoms with Crippen molar-refractivity contribution in [3.8, 4) is 0 Å². The van der Waals surface area contributed by atoms with Crippen molar-refractivity contribution in [3.63, 3.8) is 0 Å². The van der Waals surface area contributed by atoms with E-state index in [0.29, 0.717) is 36.0 Å². The maximum Gasteiger partial charge on any atom is 0.272 e. The van der Waals surface area contributed by atoms with E-state index >= 15 is 0 Å². The van der Waals surface area contributed by atoms with E-state index in [-0.39, 0.29) is 12.2 Å². The molecule has 1 unspecified atom stereocenters. The van der Waals surface area contributed by atoms with Gasteiger partial charge in [-0.1, -0.05) is 127 Å². The molecule has 1 atom stereocenters. The molecule has 1 aromatic rings. The standard InChI is InChI=1S/C31H55NO5S/c1-4-5-6-7-8-9-10-11-12-13-14-15-16-20-24-30(27-32(2,3)26-21-25-31(33)34)37-38(35,36)28-29-22-18-17-19-23-29/h17-19,22-23,30H,4-16,20-21,24-28H2,1-3H3. The molecule has 0 radical (unpaired) electrons. The molecule has 0 spiro atoms. The van der Waals surface area contributed by atoms with Gasteiger partial charge in [-0.05, 0) is 18.4 Å². The van der Waals surface area contributed by atoms with Crippen LogP contribution in [-0.2, 0) is 24.8 Å². The second kappa shape index (κ2) is 20.5. The van der Waals surface area contributed by atoms with Crippen LogP contribution in [0.2, 0.25) is 0 Å². The number of carboxylic acids is 1. The van der Waals surface area contributed by atoms with Crippen molar-refractivity contribution >= 4 is 16.1 Å². The van der Waals surface area contributed by atoms with Gasteiger partial charge in [0.2, 0.25) is 0 Å². The van der Waals surface area contributed by atoms with Crippen molar-refractivity contribution in [2.75, 3.05) is 27.2 Å². The third kappa shape index (κ3) is 19.6. The molecule has 0 amide bonds. The number of likely N-dealkylation sites (N-methyl/N-ethyl adjacent to an activating group) is 1. The van der Waals surface area contributed by atoms with Crippen LogP contribution in [-0.4, -0.2) is 52.2 Å². The molecule has 7 heteroatoms. The Balaban J connectivity index is 2.40. The van der Waals surface area contributed by atoms with Crippen molar-refractivity contribution in [1.29, 1.82) is 0 Å². The van der Waals surface area contributed by atoms with E-state index in [9.17, 15) is 18.3 Å². The first kappa shape index (κ1) is 34.6. The molecule has 0 N–H and O–H groups in total. The molecule has 0 saturated heterocycles. The zero-order valence-electron chi connectivity index (χ0n) is 24.5. The topological polar surface area (TPSA) is 83.5 Å². The Hall–Kier alpha value is -1.44. The van der Waals surface area contributed by atoms with E-state index < -0.39 is 22.2 Å². The largest absolute Gasteiger partial charge is 0.550 e. The van der Waals surface area contributed by atoms with Gasteiger partial charge in [0.1, 0.15) is 18.4 Å². The Morgan fingerprint density at radius 3 is 1.82 bits per heavy atom. The fourth-order valence-corrected chi connectivity index (χ4v) is 6.29. The fraction of sp³-hybridized carbons (Fsp3) is 0.774. The molecule has 0 saturated carbocycles. The highest BCUT2D eigenvalue weighted by Crippen LogP contribution is 2.19. The van der Waals surface area contributed by atoms with Crippen LogP contribution >= 0.6 is 0 Å². The van der Waals surface area contributed by atoms with Crippen LogP contribution in [0.25, 0.3) is 0 Å². The molecule has 1 rings (SSSR count). The maximum atomic E-state index is 12.8. The number of quaternary nitrogens is 1. The van der Waals surface area contributed by atoms with Gasteiger partial charge in [0.05, 0.1) is 20.6 Å². The number of aliphatic carboxylic acids is 1. The number of hydrogen-bond acceptors (Lipinski definition) is 5. The Morgan fingerprint density at radius 2 is 1.32 bits per heavy atom. The number of hydrogen-bond donors (Lipinski definition) is 0. The third-order valence-electron chi connectivity index (χ3n) is 7.19. The third-order valence-corrected chi connectivity index (χ3v) is 8.44. The van der Waals surface area contributed by atoms with E-state index in [1.807, 2.05) is 32.3 Å². The summed E-state index contributed by atoms with van der Waals surface area (Å²) < 4.78 is 31.9. The summed E-state index contributed by atoms with van der Waals surface area (Å²) in [6.45, 7) is 3.42. The first-order valence-corrected chi connectivity index (χ1v) is 16.7. The molecule has 0 aromatic heterocycles. The van der Waals surface area contributed by atoms with Crippen LogP contribution in [0.3, 0.4) is 0 Å². The minimum atomic E-state index is -3.72. The van der Waals surface area contributed by atoms with Crippen molar-refractivity contribution in [2.24, 2.45) is 0 Å². The molecule has 0 heterocycles. The summed E-state index contributed by atoms with van der Waals surface area (Å²) in [7, 11) is 0.278. The maximum absolute atomic E-state index is 12.8. The second-order valence-electron chi connectivity index (χ2n) is 11.6. The van der Waals surface area contributed by atoms with Gasteiger partial charge in [0.25, 0.3) is 10.1 Å². The summed E-state index contributed by atoms with van der Waals surface area (Å²) in [5.41, 5.74) is 0.713. The van der Waals surface area contributed by atoms with Gasteiger partial charge >= 0.3 is 0 Å². The fourth-order valence-electron chi connectivity index (χ4n) is 5.05. The van der Waals surface area contributed by atoms with Crippen LogP contribution in [0.15, 0.2) is 30.3 Å². The second-order valence-corrected chi connectivity index (χ2v) is 13.2. The van der Waals surface area contributed by atoms with Crippen LogP contribution in [0, 0.1) is 0 Å². The summed E-state index contributed by atoms with van der Waals surface area (Å²) in [6.07, 6.45) is 18.7. The number of carbonyl (C=O) groups excluding carboxylic acids is 1. The minimum absolute atomic E-state index is 0.0124. The number of carboxylic acid groups (broad SMARTS) is 1. The van der Waals surface area contributed by atoms with E-state index in [2.05, 4.69) is 6.92 Å². The van der Waals surface area contributed by atoms with Crippen LogP contribution < -0.4 is 5.11 Å². The average Bonchev–Trinajstić information content (AvgIpc) is 2.83. The molecule has 1 aromatic carbocycles. The Kier molecular flexibility index (Phi) is 18.6. The van der Waals surface area contributed by atoms with Crippen molar-refractivity contribution in [2.45, 2.75) is 128 Å². The number of carbonyl (C=O) groups is 1. The molecule has 38 heavy (non-hydrogen) atoms. The van der Waals surface area contributed by atoms with Crippen molar-refractivity contribution in [1.82, 2.24) is 0 Å². The van der Waals surface area contributed by atoms with Gasteiger partial charge in [-0.15, -0.1) is 0 Å². The Morgan fingerprint density at radius 1 is 0.816 bits per heavy atom. The monoisotopic (exact) mass is 553 g/mol. The van der Waals surface area contributed by atoms with Gasteiger partial charge in [-0.2, -0.15) is 8.42 Å². The molecule has 0 bridgehead atoms. The van der Waals surface area contributed by atoms with E-state index in [1.165, 1.54) is 77.0 Å². The quantitative estimate of drug-likeness (QED) is 0.0797. The van der Waals surface area contributed by atoms with Gasteiger partial charge in [0.15, 0.2) is 0 Å². The van der Waals surface area contributed by atoms with Crippen molar-refractivity contribution < 1.29 is 27.0 Å². The van der Waals surface area contributed by atoms with E-state index in [1.54, 1.807) is 12.1 Å². The summed E-state index contributed by atoms with van der Waals surface area (Å²) in [5, 5.41) is 10.8. The summed E-state index contributed by atoms with van der Waals surface area (Å²) >= 11 is 0. The zero-order chi connectivity index (χ0) is 28.1. The first-order valence-electron chi connectivity index (χ1n) is 15.1. The Labute approximate surface area is 233 Å². The number of nitrogens with zero attached hydrogens (tertiary/aromatic N) is 1. The highest BCUT2D eigenvalue weighted by molar-refractivity contribution is 7.85. The molecular weight excluding hydrogens is 498 g/mol. The molecule has 0 aliphatic carbocycles. The number of benzene rings is 1. The highest BCUT2D eigenvalue weighted by Gasteiger charge is 2.27. The predicted octanol–water partition coefficient (Wildman–Crippen LogP) is 6.38. The van der Waals surface area contributed by atoms with Gasteiger partial charge in [-0.25, -0.2) is 0 Å². The van der Waals surface area contributed by atoms with Gasteiger partial charge < -0.3 is 14.4 Å². The predicted molar refractivity (Wildman–Crippen MR) is 155 cm³/mol. The lowest BCUT2D eigenvalue weighted by Gasteiger charge is -2.33. The summed E-state index contributed by atoms with van der Waals surface area (Å²) in [5.74, 6) is -1.19. The zero-order valence-corrected chi connectivity index (χ0v) is 25.3. The lowest BCUT2D eigenvalue weighted by atomic mass is 10.0. The lowest BCUT2D eigenvalue weighted by molar-refractivity contribution is -0.893. The molecule has 0 fully saturated rings. The molecular formula is C31H55NO5S. The Bertz CT molecular complexity index is 826. The normalized spacial score (nSPS) is 13.0. The number of unbranched alkanes of at least 4 members (excludes halogenated alkanes) is 13.